The monoisotopic (exact) mass is 560 g/mol. The topological polar surface area (TPSA) is 150 Å². The summed E-state index contributed by atoms with van der Waals surface area (Å²) in [4.78, 5) is 35.0. The lowest BCUT2D eigenvalue weighted by atomic mass is 9.99. The third-order valence-corrected chi connectivity index (χ3v) is 7.98. The highest BCUT2D eigenvalue weighted by Crippen LogP contribution is 2.45. The van der Waals surface area contributed by atoms with E-state index in [1.165, 1.54) is 13.0 Å². The van der Waals surface area contributed by atoms with Crippen molar-refractivity contribution >= 4 is 41.8 Å². The highest BCUT2D eigenvalue weighted by molar-refractivity contribution is 14.1. The van der Waals surface area contributed by atoms with Gasteiger partial charge in [-0.15, -0.1) is 0 Å². The Balaban J connectivity index is 2.22. The highest BCUT2D eigenvalue weighted by atomic mass is 127. The molecule has 0 saturated carbocycles. The fraction of sp³-hybridized carbons (Fsp3) is 0.333. The number of carbonyl (C=O) groups excluding carboxylic acids is 1. The lowest BCUT2D eigenvalue weighted by molar-refractivity contribution is -0.142. The second-order valence-corrected chi connectivity index (χ2v) is 11.3. The van der Waals surface area contributed by atoms with Crippen molar-refractivity contribution in [3.63, 3.8) is 0 Å². The SMILES string of the molecule is C[C@H](N)P(=O)(O)C[C@H](Cc1ccccc1)C(=O)N[C@@H](Cc1ccc(O)c(I)c1)C(=O)O. The lowest BCUT2D eigenvalue weighted by Gasteiger charge is -2.24. The summed E-state index contributed by atoms with van der Waals surface area (Å²) in [6.07, 6.45) is -0.179. The van der Waals surface area contributed by atoms with E-state index >= 15 is 0 Å². The average molecular weight is 560 g/mol. The van der Waals surface area contributed by atoms with Crippen molar-refractivity contribution < 1.29 is 29.3 Å². The number of amides is 1. The first-order valence-corrected chi connectivity index (χ1v) is 12.6. The Labute approximate surface area is 194 Å². The number of benzene rings is 2. The summed E-state index contributed by atoms with van der Waals surface area (Å²) in [5, 5.41) is 21.8. The summed E-state index contributed by atoms with van der Waals surface area (Å²) in [5.41, 5.74) is 7.04. The zero-order valence-electron chi connectivity index (χ0n) is 16.9. The number of aromatic hydroxyl groups is 1. The molecule has 8 nitrogen and oxygen atoms in total. The van der Waals surface area contributed by atoms with Crippen LogP contribution in [0.5, 0.6) is 5.75 Å². The van der Waals surface area contributed by atoms with Crippen molar-refractivity contribution in [2.24, 2.45) is 11.7 Å². The van der Waals surface area contributed by atoms with Crippen molar-refractivity contribution in [1.82, 2.24) is 5.32 Å². The van der Waals surface area contributed by atoms with E-state index in [1.54, 1.807) is 36.4 Å². The third-order valence-electron chi connectivity index (χ3n) is 4.88. The summed E-state index contributed by atoms with van der Waals surface area (Å²) >= 11 is 1.93. The summed E-state index contributed by atoms with van der Waals surface area (Å²) in [6.45, 7) is 1.41. The zero-order chi connectivity index (χ0) is 23.2. The number of nitrogens with one attached hydrogen (secondary N) is 1. The van der Waals surface area contributed by atoms with Crippen LogP contribution in [0.15, 0.2) is 48.5 Å². The summed E-state index contributed by atoms with van der Waals surface area (Å²) in [7, 11) is -3.82. The van der Waals surface area contributed by atoms with Gasteiger partial charge in [0.25, 0.3) is 0 Å². The number of rotatable bonds is 10. The van der Waals surface area contributed by atoms with Gasteiger partial charge in [0.1, 0.15) is 11.8 Å². The molecule has 10 heteroatoms. The second-order valence-electron chi connectivity index (χ2n) is 7.45. The Kier molecular flexibility index (Phi) is 9.05. The molecule has 0 aliphatic carbocycles. The summed E-state index contributed by atoms with van der Waals surface area (Å²) < 4.78 is 13.1. The Morgan fingerprint density at radius 1 is 1.13 bits per heavy atom. The van der Waals surface area contributed by atoms with Gasteiger partial charge in [0.05, 0.1) is 15.3 Å². The van der Waals surface area contributed by atoms with E-state index in [0.717, 1.165) is 5.56 Å². The van der Waals surface area contributed by atoms with Crippen molar-refractivity contribution in [2.75, 3.05) is 6.16 Å². The van der Waals surface area contributed by atoms with Crippen LogP contribution in [0, 0.1) is 9.49 Å². The molecule has 0 fully saturated rings. The molecule has 31 heavy (non-hydrogen) atoms. The van der Waals surface area contributed by atoms with E-state index in [2.05, 4.69) is 5.32 Å². The van der Waals surface area contributed by atoms with E-state index in [-0.39, 0.29) is 24.8 Å². The molecule has 168 valence electrons. The molecule has 0 bridgehead atoms. The van der Waals surface area contributed by atoms with Crippen LogP contribution in [0.3, 0.4) is 0 Å². The van der Waals surface area contributed by atoms with Crippen LogP contribution < -0.4 is 11.1 Å². The fourth-order valence-corrected chi connectivity index (χ4v) is 4.86. The normalized spacial score (nSPS) is 16.0. The number of hydrogen-bond donors (Lipinski definition) is 5. The molecule has 2 aromatic carbocycles. The molecule has 0 aliphatic rings. The molecule has 1 unspecified atom stereocenters. The van der Waals surface area contributed by atoms with Gasteiger partial charge in [-0.25, -0.2) is 4.79 Å². The van der Waals surface area contributed by atoms with Crippen LogP contribution in [0.4, 0.5) is 0 Å². The zero-order valence-corrected chi connectivity index (χ0v) is 20.0. The van der Waals surface area contributed by atoms with Crippen LogP contribution in [-0.2, 0) is 27.0 Å². The molecule has 2 aromatic rings. The third kappa shape index (κ3) is 7.60. The van der Waals surface area contributed by atoms with Gasteiger partial charge in [-0.2, -0.15) is 0 Å². The molecular formula is C21H26IN2O6P. The number of phenols is 1. The van der Waals surface area contributed by atoms with E-state index in [1.807, 2.05) is 28.7 Å². The molecule has 6 N–H and O–H groups in total. The quantitative estimate of drug-likeness (QED) is 0.222. The van der Waals surface area contributed by atoms with Crippen LogP contribution in [0.2, 0.25) is 0 Å². The van der Waals surface area contributed by atoms with Crippen LogP contribution in [0.25, 0.3) is 0 Å². The largest absolute Gasteiger partial charge is 0.507 e. The predicted molar refractivity (Wildman–Crippen MR) is 126 cm³/mol. The molecule has 0 aliphatic heterocycles. The van der Waals surface area contributed by atoms with Gasteiger partial charge in [0.15, 0.2) is 0 Å². The Morgan fingerprint density at radius 2 is 1.77 bits per heavy atom. The Morgan fingerprint density at radius 3 is 2.32 bits per heavy atom. The molecule has 2 rings (SSSR count). The number of phenolic OH excluding ortho intramolecular Hbond substituents is 1. The second kappa shape index (κ2) is 11.1. The number of carbonyl (C=O) groups is 2. The van der Waals surface area contributed by atoms with Gasteiger partial charge in [-0.1, -0.05) is 36.4 Å². The molecule has 0 saturated heterocycles. The highest BCUT2D eigenvalue weighted by Gasteiger charge is 2.33. The van der Waals surface area contributed by atoms with Gasteiger partial charge < -0.3 is 26.2 Å². The summed E-state index contributed by atoms with van der Waals surface area (Å²) in [6, 6.07) is 12.4. The number of nitrogens with two attached hydrogens (primary N) is 1. The first kappa shape index (κ1) is 25.3. The molecule has 0 aromatic heterocycles. The molecule has 4 atom stereocenters. The van der Waals surface area contributed by atoms with Crippen LogP contribution >= 0.6 is 30.0 Å². The fourth-order valence-electron chi connectivity index (χ4n) is 3.02. The molecule has 1 amide bonds. The number of hydrogen-bond acceptors (Lipinski definition) is 5. The lowest BCUT2D eigenvalue weighted by Crippen LogP contribution is -2.46. The van der Waals surface area contributed by atoms with Gasteiger partial charge in [-0.05, 0) is 59.2 Å². The number of halogens is 1. The number of carboxylic acid groups (broad SMARTS) is 1. The van der Waals surface area contributed by atoms with Crippen molar-refractivity contribution in [3.05, 3.63) is 63.2 Å². The maximum Gasteiger partial charge on any atom is 0.326 e. The van der Waals surface area contributed by atoms with E-state index in [4.69, 9.17) is 5.73 Å². The maximum atomic E-state index is 13.0. The average Bonchev–Trinajstić information content (AvgIpc) is 2.70. The Hall–Kier alpha value is -1.94. The van der Waals surface area contributed by atoms with Gasteiger partial charge in [0, 0.05) is 12.6 Å². The van der Waals surface area contributed by atoms with Crippen molar-refractivity contribution in [3.8, 4) is 5.75 Å². The van der Waals surface area contributed by atoms with E-state index in [9.17, 15) is 29.3 Å². The minimum absolute atomic E-state index is 0.000507. The van der Waals surface area contributed by atoms with Gasteiger partial charge in [-0.3, -0.25) is 9.36 Å². The first-order chi connectivity index (χ1) is 14.5. The number of carboxylic acids is 1. The number of aliphatic carboxylic acids is 1. The van der Waals surface area contributed by atoms with Crippen molar-refractivity contribution in [1.29, 1.82) is 0 Å². The van der Waals surface area contributed by atoms with Crippen molar-refractivity contribution in [2.45, 2.75) is 31.6 Å². The molecule has 0 spiro atoms. The maximum absolute atomic E-state index is 13.0. The van der Waals surface area contributed by atoms with Gasteiger partial charge in [0.2, 0.25) is 13.3 Å². The standard InChI is InChI=1S/C21H26IN2O6P/c1-13(23)31(29,30)12-16(9-14-5-3-2-4-6-14)20(26)24-18(21(27)28)11-15-7-8-19(25)17(22)10-15/h2-8,10,13,16,18,25H,9,11-12,23H2,1H3,(H,24,26)(H,27,28)(H,29,30)/t13-,16+,18+/m1/s1. The van der Waals surface area contributed by atoms with Gasteiger partial charge >= 0.3 is 5.97 Å². The molecule has 0 radical (unpaired) electrons. The smallest absolute Gasteiger partial charge is 0.326 e. The van der Waals surface area contributed by atoms with Crippen LogP contribution in [-0.4, -0.2) is 45.0 Å². The van der Waals surface area contributed by atoms with Crippen LogP contribution in [0.1, 0.15) is 18.1 Å². The van der Waals surface area contributed by atoms with E-state index in [0.29, 0.717) is 9.13 Å². The Bertz CT molecular complexity index is 970. The molecule has 0 heterocycles. The molecular weight excluding hydrogens is 534 g/mol. The predicted octanol–water partition coefficient (Wildman–Crippen LogP) is 2.54. The minimum Gasteiger partial charge on any atom is -0.507 e. The summed E-state index contributed by atoms with van der Waals surface area (Å²) in [5.74, 6) is -3.70. The minimum atomic E-state index is -3.82. The van der Waals surface area contributed by atoms with E-state index < -0.39 is 37.0 Å². The first-order valence-electron chi connectivity index (χ1n) is 9.61.